The first-order chi connectivity index (χ1) is 16.5. The molecule has 0 atom stereocenters. The van der Waals surface area contributed by atoms with E-state index in [1.807, 2.05) is 64.1 Å². The predicted molar refractivity (Wildman–Crippen MR) is 137 cm³/mol. The molecule has 180 valence electrons. The Morgan fingerprint density at radius 2 is 1.49 bits per heavy atom. The van der Waals surface area contributed by atoms with Crippen molar-refractivity contribution in [2.75, 3.05) is 10.0 Å². The smallest absolute Gasteiger partial charge is 0.278 e. The van der Waals surface area contributed by atoms with E-state index in [0.29, 0.717) is 17.1 Å². The van der Waals surface area contributed by atoms with Gasteiger partial charge in [-0.2, -0.15) is 9.90 Å². The Morgan fingerprint density at radius 3 is 2.11 bits per heavy atom. The zero-order chi connectivity index (χ0) is 25.3. The second-order valence-electron chi connectivity index (χ2n) is 8.56. The Labute approximate surface area is 205 Å². The highest BCUT2D eigenvalue weighted by Gasteiger charge is 2.19. The molecule has 0 saturated heterocycles. The van der Waals surface area contributed by atoms with Crippen LogP contribution in [0.5, 0.6) is 0 Å². The number of rotatable bonds is 6. The van der Waals surface area contributed by atoms with Gasteiger partial charge in [0.25, 0.3) is 15.9 Å². The van der Waals surface area contributed by atoms with Gasteiger partial charge in [-0.05, 0) is 81.6 Å². The maximum absolute atomic E-state index is 12.9. The molecule has 0 unspecified atom stereocenters. The van der Waals surface area contributed by atoms with Crippen LogP contribution in [0, 0.1) is 34.6 Å². The van der Waals surface area contributed by atoms with E-state index in [2.05, 4.69) is 20.2 Å². The number of nitrogens with zero attached hydrogens (tertiary/aromatic N) is 3. The average Bonchev–Trinajstić information content (AvgIpc) is 3.18. The summed E-state index contributed by atoms with van der Waals surface area (Å²) in [6, 6.07) is 17.5. The summed E-state index contributed by atoms with van der Waals surface area (Å²) >= 11 is 0. The van der Waals surface area contributed by atoms with E-state index in [1.54, 1.807) is 19.1 Å². The van der Waals surface area contributed by atoms with E-state index in [-0.39, 0.29) is 10.6 Å². The predicted octanol–water partition coefficient (Wildman–Crippen LogP) is 4.86. The van der Waals surface area contributed by atoms with Crippen molar-refractivity contribution in [1.82, 2.24) is 15.0 Å². The van der Waals surface area contributed by atoms with Crippen LogP contribution in [-0.2, 0) is 10.0 Å². The second-order valence-corrected chi connectivity index (χ2v) is 10.2. The Bertz CT molecular complexity index is 1500. The molecule has 8 nitrogen and oxygen atoms in total. The summed E-state index contributed by atoms with van der Waals surface area (Å²) in [7, 11) is -3.79. The maximum atomic E-state index is 12.9. The largest absolute Gasteiger partial charge is 0.321 e. The van der Waals surface area contributed by atoms with E-state index >= 15 is 0 Å². The average molecular weight is 490 g/mol. The van der Waals surface area contributed by atoms with Gasteiger partial charge in [0.15, 0.2) is 5.69 Å². The van der Waals surface area contributed by atoms with E-state index in [1.165, 1.54) is 16.9 Å². The number of anilines is 2. The van der Waals surface area contributed by atoms with Gasteiger partial charge in [0.1, 0.15) is 0 Å². The molecule has 0 spiro atoms. The molecule has 0 saturated carbocycles. The Kier molecular flexibility index (Phi) is 6.45. The third-order valence-electron chi connectivity index (χ3n) is 5.71. The van der Waals surface area contributed by atoms with Crippen molar-refractivity contribution in [3.05, 3.63) is 94.3 Å². The molecule has 1 amide bonds. The molecule has 1 heterocycles. The van der Waals surface area contributed by atoms with Gasteiger partial charge in [0.2, 0.25) is 0 Å². The van der Waals surface area contributed by atoms with Gasteiger partial charge < -0.3 is 5.32 Å². The van der Waals surface area contributed by atoms with Crippen molar-refractivity contribution in [2.24, 2.45) is 0 Å². The third-order valence-corrected chi connectivity index (χ3v) is 7.07. The summed E-state index contributed by atoms with van der Waals surface area (Å²) in [5.41, 5.74) is 6.28. The summed E-state index contributed by atoms with van der Waals surface area (Å²) in [5, 5.41) is 11.5. The highest BCUT2D eigenvalue weighted by molar-refractivity contribution is 7.92. The van der Waals surface area contributed by atoms with Gasteiger partial charge in [-0.3, -0.25) is 9.52 Å². The van der Waals surface area contributed by atoms with Crippen molar-refractivity contribution < 1.29 is 13.2 Å². The van der Waals surface area contributed by atoms with Crippen LogP contribution in [-0.4, -0.2) is 29.3 Å². The lowest BCUT2D eigenvalue weighted by Gasteiger charge is -2.13. The Balaban J connectivity index is 1.51. The number of sulfonamides is 1. The number of amides is 1. The minimum absolute atomic E-state index is 0.0927. The number of benzene rings is 3. The summed E-state index contributed by atoms with van der Waals surface area (Å²) < 4.78 is 28.4. The molecule has 4 aromatic rings. The van der Waals surface area contributed by atoms with Crippen LogP contribution in [0.4, 0.5) is 11.4 Å². The molecule has 0 bridgehead atoms. The SMILES string of the molecule is Cc1ccc(-n2nc(C)c(C(=O)Nc3ccc(S(=O)(=O)Nc4c(C)cccc4C)cc3)n2)c(C)c1. The number of para-hydroxylation sites is 1. The lowest BCUT2D eigenvalue weighted by molar-refractivity contribution is 0.102. The number of carbonyl (C=O) groups excluding carboxylic acids is 1. The Morgan fingerprint density at radius 1 is 0.829 bits per heavy atom. The highest BCUT2D eigenvalue weighted by atomic mass is 32.2. The van der Waals surface area contributed by atoms with E-state index in [4.69, 9.17) is 0 Å². The molecule has 1 aromatic heterocycles. The Hall–Kier alpha value is -3.98. The lowest BCUT2D eigenvalue weighted by atomic mass is 10.1. The number of carbonyl (C=O) groups is 1. The monoisotopic (exact) mass is 489 g/mol. The van der Waals surface area contributed by atoms with Crippen LogP contribution in [0.3, 0.4) is 0 Å². The highest BCUT2D eigenvalue weighted by Crippen LogP contribution is 2.24. The number of aryl methyl sites for hydroxylation is 5. The zero-order valence-corrected chi connectivity index (χ0v) is 21.1. The molecular weight excluding hydrogens is 462 g/mol. The molecule has 9 heteroatoms. The first kappa shape index (κ1) is 24.2. The van der Waals surface area contributed by atoms with Gasteiger partial charge in [0.05, 0.1) is 22.0 Å². The number of hydrogen-bond acceptors (Lipinski definition) is 5. The van der Waals surface area contributed by atoms with E-state index < -0.39 is 15.9 Å². The minimum Gasteiger partial charge on any atom is -0.321 e. The van der Waals surface area contributed by atoms with Gasteiger partial charge in [-0.25, -0.2) is 8.42 Å². The van der Waals surface area contributed by atoms with Crippen LogP contribution < -0.4 is 10.0 Å². The standard InChI is InChI=1S/C26H27N5O3S/c1-16-9-14-23(19(4)15-16)31-28-20(5)25(29-31)26(32)27-21-10-12-22(13-11-21)35(33,34)30-24-17(2)7-6-8-18(24)3/h6-15,30H,1-5H3,(H,27,32). The van der Waals surface area contributed by atoms with Crippen molar-refractivity contribution in [2.45, 2.75) is 39.5 Å². The van der Waals surface area contributed by atoms with Crippen LogP contribution in [0.1, 0.15) is 38.4 Å². The first-order valence-corrected chi connectivity index (χ1v) is 12.6. The fraction of sp³-hybridized carbons (Fsp3) is 0.192. The topological polar surface area (TPSA) is 106 Å². The number of hydrogen-bond donors (Lipinski definition) is 2. The van der Waals surface area contributed by atoms with Gasteiger partial charge >= 0.3 is 0 Å². The summed E-state index contributed by atoms with van der Waals surface area (Å²) in [6.07, 6.45) is 0. The summed E-state index contributed by atoms with van der Waals surface area (Å²) in [5.74, 6) is -0.428. The van der Waals surface area contributed by atoms with E-state index in [9.17, 15) is 13.2 Å². The molecule has 0 aliphatic carbocycles. The normalized spacial score (nSPS) is 11.3. The molecule has 0 fully saturated rings. The van der Waals surface area contributed by atoms with Crippen molar-refractivity contribution >= 4 is 27.3 Å². The van der Waals surface area contributed by atoms with Crippen molar-refractivity contribution in [3.8, 4) is 5.69 Å². The lowest BCUT2D eigenvalue weighted by Crippen LogP contribution is -2.16. The summed E-state index contributed by atoms with van der Waals surface area (Å²) in [4.78, 5) is 14.4. The molecule has 35 heavy (non-hydrogen) atoms. The zero-order valence-electron chi connectivity index (χ0n) is 20.2. The van der Waals surface area contributed by atoms with Crippen molar-refractivity contribution in [1.29, 1.82) is 0 Å². The second kappa shape index (κ2) is 9.34. The molecule has 3 aromatic carbocycles. The van der Waals surface area contributed by atoms with Crippen LogP contribution in [0.2, 0.25) is 0 Å². The fourth-order valence-electron chi connectivity index (χ4n) is 3.80. The number of nitrogens with one attached hydrogen (secondary N) is 2. The van der Waals surface area contributed by atoms with Crippen LogP contribution >= 0.6 is 0 Å². The molecule has 0 aliphatic rings. The van der Waals surface area contributed by atoms with E-state index in [0.717, 1.165) is 27.9 Å². The van der Waals surface area contributed by atoms with Crippen LogP contribution in [0.25, 0.3) is 5.69 Å². The van der Waals surface area contributed by atoms with Gasteiger partial charge in [0, 0.05) is 5.69 Å². The summed E-state index contributed by atoms with van der Waals surface area (Å²) in [6.45, 7) is 9.39. The minimum atomic E-state index is -3.79. The van der Waals surface area contributed by atoms with Gasteiger partial charge in [-0.1, -0.05) is 35.9 Å². The molecule has 0 radical (unpaired) electrons. The quantitative estimate of drug-likeness (QED) is 0.402. The van der Waals surface area contributed by atoms with Crippen molar-refractivity contribution in [3.63, 3.8) is 0 Å². The first-order valence-electron chi connectivity index (χ1n) is 11.1. The third kappa shape index (κ3) is 5.09. The molecule has 0 aliphatic heterocycles. The van der Waals surface area contributed by atoms with Gasteiger partial charge in [-0.15, -0.1) is 5.10 Å². The molecule has 4 rings (SSSR count). The molecule has 2 N–H and O–H groups in total. The maximum Gasteiger partial charge on any atom is 0.278 e. The number of aromatic nitrogens is 3. The fourth-order valence-corrected chi connectivity index (χ4v) is 5.01. The molecular formula is C26H27N5O3S. The van der Waals surface area contributed by atoms with Crippen LogP contribution in [0.15, 0.2) is 65.6 Å².